The number of nitrogens with zero attached hydrogens (tertiary/aromatic N) is 2. The van der Waals surface area contributed by atoms with Gasteiger partial charge in [-0.1, -0.05) is 18.2 Å². The molecule has 0 radical (unpaired) electrons. The van der Waals surface area contributed by atoms with E-state index in [9.17, 15) is 18.0 Å². The third-order valence-corrected chi connectivity index (χ3v) is 4.54. The van der Waals surface area contributed by atoms with Gasteiger partial charge in [0.1, 0.15) is 16.9 Å². The molecule has 2 heterocycles. The quantitative estimate of drug-likeness (QED) is 0.477. The number of amides is 1. The summed E-state index contributed by atoms with van der Waals surface area (Å²) in [6.07, 6.45) is -3.23. The average Bonchev–Trinajstić information content (AvgIpc) is 3.21. The van der Waals surface area contributed by atoms with Crippen molar-refractivity contribution in [2.75, 3.05) is 5.32 Å². The Morgan fingerprint density at radius 1 is 1.13 bits per heavy atom. The number of benzene rings is 2. The maximum absolute atomic E-state index is 12.8. The van der Waals surface area contributed by atoms with Crippen molar-refractivity contribution < 1.29 is 27.1 Å². The van der Waals surface area contributed by atoms with Crippen LogP contribution in [0.5, 0.6) is 5.75 Å². The summed E-state index contributed by atoms with van der Waals surface area (Å²) >= 11 is 1.26. The third kappa shape index (κ3) is 4.66. The maximum Gasteiger partial charge on any atom is 0.573 e. The molecule has 0 atom stereocenters. The van der Waals surface area contributed by atoms with Crippen molar-refractivity contribution in [2.24, 2.45) is 4.99 Å². The normalized spacial score (nSPS) is 12.2. The predicted octanol–water partition coefficient (Wildman–Crippen LogP) is 5.27. The fourth-order valence-corrected chi connectivity index (χ4v) is 3.13. The summed E-state index contributed by atoms with van der Waals surface area (Å²) in [5, 5.41) is 5.49. The Labute approximate surface area is 171 Å². The molecule has 0 spiro atoms. The highest BCUT2D eigenvalue weighted by molar-refractivity contribution is 7.13. The molecule has 4 aromatic rings. The second-order valence-corrected chi connectivity index (χ2v) is 6.84. The SMILES string of the molecule is O=C(Nc1nccs1)c1cc2ccccc2oc1=Nc1ccc(OC(F)(F)F)cc1. The first-order valence-electron chi connectivity index (χ1n) is 8.52. The molecule has 0 saturated heterocycles. The summed E-state index contributed by atoms with van der Waals surface area (Å²) in [4.78, 5) is 21.1. The van der Waals surface area contributed by atoms with Crippen molar-refractivity contribution in [1.82, 2.24) is 4.98 Å². The molecule has 0 saturated carbocycles. The van der Waals surface area contributed by atoms with Crippen LogP contribution in [0.4, 0.5) is 24.0 Å². The Morgan fingerprint density at radius 2 is 1.90 bits per heavy atom. The van der Waals surface area contributed by atoms with Crippen LogP contribution in [-0.2, 0) is 0 Å². The van der Waals surface area contributed by atoms with Crippen LogP contribution >= 0.6 is 11.3 Å². The maximum atomic E-state index is 12.8. The summed E-state index contributed by atoms with van der Waals surface area (Å²) in [5.74, 6) is -0.853. The van der Waals surface area contributed by atoms with Crippen LogP contribution < -0.4 is 15.6 Å². The van der Waals surface area contributed by atoms with Crippen molar-refractivity contribution in [3.05, 3.63) is 77.3 Å². The van der Waals surface area contributed by atoms with Gasteiger partial charge in [-0.05, 0) is 36.4 Å². The van der Waals surface area contributed by atoms with Crippen molar-refractivity contribution in [2.45, 2.75) is 6.36 Å². The molecular formula is C20H12F3N3O3S. The van der Waals surface area contributed by atoms with Gasteiger partial charge in [-0.25, -0.2) is 9.98 Å². The molecule has 2 aromatic heterocycles. The molecule has 1 amide bonds. The number of nitrogens with one attached hydrogen (secondary N) is 1. The molecule has 152 valence electrons. The third-order valence-electron chi connectivity index (χ3n) is 3.85. The molecule has 0 aliphatic rings. The first-order valence-corrected chi connectivity index (χ1v) is 9.40. The van der Waals surface area contributed by atoms with E-state index in [0.29, 0.717) is 16.1 Å². The van der Waals surface area contributed by atoms with E-state index in [0.717, 1.165) is 12.1 Å². The molecule has 10 heteroatoms. The molecule has 2 aromatic carbocycles. The summed E-state index contributed by atoms with van der Waals surface area (Å²) in [7, 11) is 0. The highest BCUT2D eigenvalue weighted by atomic mass is 32.1. The molecule has 0 fully saturated rings. The van der Waals surface area contributed by atoms with Gasteiger partial charge in [-0.3, -0.25) is 10.1 Å². The lowest BCUT2D eigenvalue weighted by molar-refractivity contribution is -0.274. The highest BCUT2D eigenvalue weighted by Gasteiger charge is 2.30. The number of carbonyl (C=O) groups is 1. The van der Waals surface area contributed by atoms with Crippen LogP contribution in [-0.4, -0.2) is 17.3 Å². The Morgan fingerprint density at radius 3 is 2.60 bits per heavy atom. The van der Waals surface area contributed by atoms with E-state index in [-0.39, 0.29) is 22.6 Å². The number of para-hydroxylation sites is 1. The molecule has 0 unspecified atom stereocenters. The number of hydrogen-bond donors (Lipinski definition) is 1. The van der Waals surface area contributed by atoms with E-state index < -0.39 is 12.3 Å². The number of carbonyl (C=O) groups excluding carboxylic acids is 1. The lowest BCUT2D eigenvalue weighted by atomic mass is 10.2. The van der Waals surface area contributed by atoms with Crippen LogP contribution in [0.2, 0.25) is 0 Å². The van der Waals surface area contributed by atoms with Crippen LogP contribution in [0.15, 0.2) is 75.6 Å². The van der Waals surface area contributed by atoms with Gasteiger partial charge in [0.25, 0.3) is 5.91 Å². The Bertz CT molecular complexity index is 1250. The van der Waals surface area contributed by atoms with Crippen molar-refractivity contribution >= 4 is 39.0 Å². The minimum atomic E-state index is -4.78. The van der Waals surface area contributed by atoms with E-state index in [1.165, 1.54) is 23.5 Å². The fourth-order valence-electron chi connectivity index (χ4n) is 2.60. The van der Waals surface area contributed by atoms with Gasteiger partial charge in [-0.2, -0.15) is 0 Å². The lowest BCUT2D eigenvalue weighted by Gasteiger charge is -2.08. The average molecular weight is 431 g/mol. The van der Waals surface area contributed by atoms with Gasteiger partial charge in [0.2, 0.25) is 5.55 Å². The van der Waals surface area contributed by atoms with Crippen molar-refractivity contribution in [3.63, 3.8) is 0 Å². The summed E-state index contributed by atoms with van der Waals surface area (Å²) in [5.41, 5.74) is 0.942. The van der Waals surface area contributed by atoms with Crippen LogP contribution in [0.1, 0.15) is 10.4 Å². The van der Waals surface area contributed by atoms with Gasteiger partial charge in [0, 0.05) is 17.0 Å². The minimum absolute atomic E-state index is 0.00671. The largest absolute Gasteiger partial charge is 0.573 e. The van der Waals surface area contributed by atoms with Crippen molar-refractivity contribution in [3.8, 4) is 5.75 Å². The number of hydrogen-bond acceptors (Lipinski definition) is 6. The predicted molar refractivity (Wildman–Crippen MR) is 105 cm³/mol. The van der Waals surface area contributed by atoms with E-state index >= 15 is 0 Å². The number of anilines is 1. The Kier molecular flexibility index (Phi) is 5.23. The highest BCUT2D eigenvalue weighted by Crippen LogP contribution is 2.25. The van der Waals surface area contributed by atoms with Crippen LogP contribution in [0.3, 0.4) is 0 Å². The summed E-state index contributed by atoms with van der Waals surface area (Å²) in [6.45, 7) is 0. The lowest BCUT2D eigenvalue weighted by Crippen LogP contribution is -2.21. The standard InChI is InChI=1S/C20H12F3N3O3S/c21-20(22,23)29-14-7-5-13(6-8-14)25-18-15(17(27)26-19-24-9-10-30-19)11-12-3-1-2-4-16(12)28-18/h1-11H,(H,24,26,27). The topological polar surface area (TPSA) is 76.7 Å². The number of aromatic nitrogens is 1. The van der Waals surface area contributed by atoms with Gasteiger partial charge in [0.15, 0.2) is 5.13 Å². The van der Waals surface area contributed by atoms with Gasteiger partial charge < -0.3 is 9.15 Å². The summed E-state index contributed by atoms with van der Waals surface area (Å²) < 4.78 is 46.6. The van der Waals surface area contributed by atoms with Gasteiger partial charge in [0.05, 0.1) is 5.69 Å². The first-order chi connectivity index (χ1) is 14.4. The summed E-state index contributed by atoms with van der Waals surface area (Å²) in [6, 6.07) is 13.6. The van der Waals surface area contributed by atoms with Crippen LogP contribution in [0.25, 0.3) is 11.0 Å². The number of fused-ring (bicyclic) bond motifs is 1. The zero-order valence-corrected chi connectivity index (χ0v) is 15.8. The van der Waals surface area contributed by atoms with Gasteiger partial charge in [-0.15, -0.1) is 24.5 Å². The Hall–Kier alpha value is -3.66. The second kappa shape index (κ2) is 7.99. The molecule has 0 bridgehead atoms. The van der Waals surface area contributed by atoms with Gasteiger partial charge >= 0.3 is 6.36 Å². The monoisotopic (exact) mass is 431 g/mol. The number of ether oxygens (including phenoxy) is 1. The van der Waals surface area contributed by atoms with E-state index in [2.05, 4.69) is 20.0 Å². The molecule has 4 rings (SSSR count). The first kappa shape index (κ1) is 19.6. The number of halogens is 3. The number of thiazole rings is 1. The molecule has 30 heavy (non-hydrogen) atoms. The number of alkyl halides is 3. The Balaban J connectivity index is 1.75. The van der Waals surface area contributed by atoms with E-state index in [1.807, 2.05) is 0 Å². The van der Waals surface area contributed by atoms with Crippen LogP contribution in [0, 0.1) is 0 Å². The smallest absolute Gasteiger partial charge is 0.438 e. The second-order valence-electron chi connectivity index (χ2n) is 5.95. The van der Waals surface area contributed by atoms with E-state index in [1.54, 1.807) is 41.9 Å². The minimum Gasteiger partial charge on any atom is -0.438 e. The molecule has 1 N–H and O–H groups in total. The zero-order chi connectivity index (χ0) is 21.1. The van der Waals surface area contributed by atoms with E-state index in [4.69, 9.17) is 4.42 Å². The number of rotatable bonds is 4. The molecule has 0 aliphatic heterocycles. The molecular weight excluding hydrogens is 419 g/mol. The fraction of sp³-hybridized carbons (Fsp3) is 0.0500. The molecule has 0 aliphatic carbocycles. The molecule has 6 nitrogen and oxygen atoms in total. The zero-order valence-electron chi connectivity index (χ0n) is 15.0. The van der Waals surface area contributed by atoms with Crippen molar-refractivity contribution in [1.29, 1.82) is 0 Å².